The summed E-state index contributed by atoms with van der Waals surface area (Å²) in [6.45, 7) is 7.32. The molecule has 4 N–H and O–H groups in total. The largest absolute Gasteiger partial charge is 0.478 e. The quantitative estimate of drug-likeness (QED) is 0.136. The van der Waals surface area contributed by atoms with Crippen LogP contribution in [0.1, 0.15) is 52.6 Å². The van der Waals surface area contributed by atoms with Crippen LogP contribution in [0.5, 0.6) is 0 Å². The van der Waals surface area contributed by atoms with Gasteiger partial charge < -0.3 is 20.8 Å². The van der Waals surface area contributed by atoms with Crippen molar-refractivity contribution in [2.75, 3.05) is 10.6 Å². The first-order valence-electron chi connectivity index (χ1n) is 13.5. The number of carbonyl (C=O) groups is 4. The molecular weight excluding hydrogens is 556 g/mol. The zero-order valence-corrected chi connectivity index (χ0v) is 23.2. The van der Waals surface area contributed by atoms with Crippen molar-refractivity contribution >= 4 is 79.6 Å². The maximum Gasteiger partial charge on any atom is 0.336 e. The van der Waals surface area contributed by atoms with Crippen molar-refractivity contribution in [1.29, 1.82) is 0 Å². The number of carboxylic acids is 2. The lowest BCUT2D eigenvalue weighted by Crippen LogP contribution is -2.18. The van der Waals surface area contributed by atoms with Gasteiger partial charge in [-0.1, -0.05) is 79.9 Å². The summed E-state index contributed by atoms with van der Waals surface area (Å²) in [5.41, 5.74) is 1.30. The molecule has 0 aliphatic rings. The second-order valence-electron chi connectivity index (χ2n) is 10.2. The van der Waals surface area contributed by atoms with E-state index in [1.807, 2.05) is 42.5 Å². The second kappa shape index (κ2) is 10.8. The Kier molecular flexibility index (Phi) is 6.87. The third kappa shape index (κ3) is 4.70. The lowest BCUT2D eigenvalue weighted by molar-refractivity contribution is 0.0683. The van der Waals surface area contributed by atoms with Gasteiger partial charge in [0.05, 0.1) is 33.6 Å². The highest BCUT2D eigenvalue weighted by molar-refractivity contribution is 6.30. The maximum atomic E-state index is 13.6. The van der Waals surface area contributed by atoms with Crippen LogP contribution in [-0.2, 0) is 0 Å². The topological polar surface area (TPSA) is 133 Å². The Hall–Kier alpha value is -6.28. The fourth-order valence-electron chi connectivity index (χ4n) is 5.54. The van der Waals surface area contributed by atoms with Crippen LogP contribution >= 0.6 is 0 Å². The Balaban J connectivity index is 1.52. The molecule has 0 heterocycles. The minimum absolute atomic E-state index is 0.0483. The van der Waals surface area contributed by atoms with E-state index in [-0.39, 0.29) is 22.3 Å². The van der Waals surface area contributed by atoms with Gasteiger partial charge in [-0.25, -0.2) is 9.59 Å². The predicted octanol–water partition coefficient (Wildman–Crippen LogP) is 7.77. The van der Waals surface area contributed by atoms with Crippen LogP contribution < -0.4 is 10.6 Å². The molecule has 6 rings (SSSR count). The average molecular weight is 581 g/mol. The van der Waals surface area contributed by atoms with E-state index in [2.05, 4.69) is 23.8 Å². The Morgan fingerprint density at radius 3 is 1.41 bits per heavy atom. The normalized spacial score (nSPS) is 11.0. The summed E-state index contributed by atoms with van der Waals surface area (Å²) >= 11 is 0. The van der Waals surface area contributed by atoms with Crippen molar-refractivity contribution in [3.05, 3.63) is 131 Å². The van der Waals surface area contributed by atoms with Crippen molar-refractivity contribution in [2.45, 2.75) is 0 Å². The smallest absolute Gasteiger partial charge is 0.336 e. The number of hydrogen-bond acceptors (Lipinski definition) is 4. The minimum atomic E-state index is -1.26. The molecular formula is C36H24N2O6. The number of amides is 2. The molecule has 214 valence electrons. The van der Waals surface area contributed by atoms with Crippen LogP contribution in [0, 0.1) is 0 Å². The maximum absolute atomic E-state index is 13.6. The molecule has 0 radical (unpaired) electrons. The summed E-state index contributed by atoms with van der Waals surface area (Å²) in [6, 6.07) is 23.8. The van der Waals surface area contributed by atoms with Gasteiger partial charge in [0.2, 0.25) is 0 Å². The van der Waals surface area contributed by atoms with Gasteiger partial charge in [0, 0.05) is 16.2 Å². The molecule has 0 aliphatic carbocycles. The van der Waals surface area contributed by atoms with Crippen molar-refractivity contribution in [3.63, 3.8) is 0 Å². The van der Waals surface area contributed by atoms with Crippen LogP contribution in [0.25, 0.3) is 44.5 Å². The first-order valence-corrected chi connectivity index (χ1v) is 13.5. The van der Waals surface area contributed by atoms with Gasteiger partial charge in [-0.05, 0) is 57.6 Å². The van der Waals surface area contributed by atoms with Crippen LogP contribution in [0.3, 0.4) is 0 Å². The SMILES string of the molecule is C=Cc1ccc(C(=O)Nc2cc(NC(=O)c3ccc(C=C)cc3C(=O)O)c3ccc4cccc5ccc2c3c54)c(C(=O)O)c1. The lowest BCUT2D eigenvalue weighted by Gasteiger charge is -2.19. The lowest BCUT2D eigenvalue weighted by atomic mass is 9.92. The zero-order valence-electron chi connectivity index (χ0n) is 23.2. The van der Waals surface area contributed by atoms with Crippen LogP contribution in [0.15, 0.2) is 98.1 Å². The third-order valence-electron chi connectivity index (χ3n) is 7.65. The molecule has 0 saturated carbocycles. The molecule has 44 heavy (non-hydrogen) atoms. The van der Waals surface area contributed by atoms with Gasteiger partial charge in [0.1, 0.15) is 0 Å². The van der Waals surface area contributed by atoms with Crippen molar-refractivity contribution in [1.82, 2.24) is 0 Å². The number of nitrogens with one attached hydrogen (secondary N) is 2. The molecule has 6 aromatic rings. The monoisotopic (exact) mass is 580 g/mol. The van der Waals surface area contributed by atoms with Crippen LogP contribution in [-0.4, -0.2) is 34.0 Å². The number of anilines is 2. The van der Waals surface area contributed by atoms with Gasteiger partial charge >= 0.3 is 11.9 Å². The number of aromatic carboxylic acids is 2. The molecule has 0 bridgehead atoms. The summed E-state index contributed by atoms with van der Waals surface area (Å²) in [5, 5.41) is 30.2. The van der Waals surface area contributed by atoms with E-state index < -0.39 is 23.8 Å². The highest BCUT2D eigenvalue weighted by Gasteiger charge is 2.22. The molecule has 0 atom stereocenters. The molecule has 0 aromatic heterocycles. The molecule has 0 saturated heterocycles. The summed E-state index contributed by atoms with van der Waals surface area (Å²) < 4.78 is 0. The fourth-order valence-corrected chi connectivity index (χ4v) is 5.54. The van der Waals surface area contributed by atoms with E-state index in [1.165, 1.54) is 36.4 Å². The zero-order chi connectivity index (χ0) is 31.1. The van der Waals surface area contributed by atoms with Crippen LogP contribution in [0.2, 0.25) is 0 Å². The highest BCUT2D eigenvalue weighted by Crippen LogP contribution is 2.42. The molecule has 0 aliphatic heterocycles. The molecule has 8 heteroatoms. The second-order valence-corrected chi connectivity index (χ2v) is 10.2. The summed E-state index contributed by atoms with van der Waals surface area (Å²) in [7, 11) is 0. The van der Waals surface area contributed by atoms with Gasteiger partial charge in [0.25, 0.3) is 11.8 Å². The van der Waals surface area contributed by atoms with E-state index in [9.17, 15) is 29.4 Å². The minimum Gasteiger partial charge on any atom is -0.478 e. The average Bonchev–Trinajstić information content (AvgIpc) is 3.03. The number of benzene rings is 6. The molecule has 0 unspecified atom stereocenters. The first kappa shape index (κ1) is 27.9. The third-order valence-corrected chi connectivity index (χ3v) is 7.65. The predicted molar refractivity (Wildman–Crippen MR) is 173 cm³/mol. The van der Waals surface area contributed by atoms with E-state index in [4.69, 9.17) is 0 Å². The molecule has 0 spiro atoms. The summed E-state index contributed by atoms with van der Waals surface area (Å²) in [6.07, 6.45) is 2.98. The van der Waals surface area contributed by atoms with E-state index in [1.54, 1.807) is 18.2 Å². The van der Waals surface area contributed by atoms with Gasteiger partial charge in [-0.15, -0.1) is 0 Å². The number of carboxylic acid groups (broad SMARTS) is 2. The van der Waals surface area contributed by atoms with Crippen molar-refractivity contribution < 1.29 is 29.4 Å². The first-order chi connectivity index (χ1) is 21.2. The Bertz CT molecular complexity index is 2070. The Labute approximate surface area is 250 Å². The molecule has 6 aromatic carbocycles. The number of hydrogen-bond donors (Lipinski definition) is 4. The van der Waals surface area contributed by atoms with Gasteiger partial charge in [-0.2, -0.15) is 0 Å². The van der Waals surface area contributed by atoms with Gasteiger partial charge in [-0.3, -0.25) is 9.59 Å². The summed E-state index contributed by atoms with van der Waals surface area (Å²) in [4.78, 5) is 51.2. The Morgan fingerprint density at radius 2 is 1.00 bits per heavy atom. The number of carbonyl (C=O) groups excluding carboxylic acids is 2. The van der Waals surface area contributed by atoms with E-state index in [0.717, 1.165) is 21.5 Å². The Morgan fingerprint density at radius 1 is 0.545 bits per heavy atom. The van der Waals surface area contributed by atoms with Crippen molar-refractivity contribution in [3.8, 4) is 0 Å². The van der Waals surface area contributed by atoms with Gasteiger partial charge in [0.15, 0.2) is 0 Å². The number of rotatable bonds is 8. The molecule has 2 amide bonds. The highest BCUT2D eigenvalue weighted by atomic mass is 16.4. The fraction of sp³-hybridized carbons (Fsp3) is 0. The standard InChI is InChI=1S/C36H24N2O6/c1-3-19-8-12-23(27(16-19)35(41)42)33(39)37-29-18-30(38-34(40)24-13-9-20(4-2)17-28(24)36(43)44)26-15-11-22-7-5-6-21-10-14-25(29)32(26)31(21)22/h3-18H,1-2H2,(H,37,39)(H,38,40)(H,41,42)(H,43,44). The van der Waals surface area contributed by atoms with E-state index >= 15 is 0 Å². The molecule has 0 fully saturated rings. The summed E-state index contributed by atoms with van der Waals surface area (Å²) in [5.74, 6) is -3.84. The van der Waals surface area contributed by atoms with Crippen molar-refractivity contribution in [2.24, 2.45) is 0 Å². The van der Waals surface area contributed by atoms with E-state index in [0.29, 0.717) is 33.3 Å². The van der Waals surface area contributed by atoms with Crippen LogP contribution in [0.4, 0.5) is 11.4 Å². The molecule has 8 nitrogen and oxygen atoms in total.